The number of aliphatic imine (C=N–C) groups is 1. The molecule has 0 saturated heterocycles. The van der Waals surface area contributed by atoms with Crippen molar-refractivity contribution < 1.29 is 4.74 Å². The standard InChI is InChI=1S/C22H27N5O.HI/c1-23-22(27(3)16-20-10-7-13-26(20)2)25-15-18-8-6-11-21(14-18)28-17-19-9-4-5-12-24-19;/h4-14H,15-17H2,1-3H3,(H,23,25);1H. The summed E-state index contributed by atoms with van der Waals surface area (Å²) in [6.45, 7) is 1.92. The van der Waals surface area contributed by atoms with Gasteiger partial charge in [0.1, 0.15) is 12.4 Å². The van der Waals surface area contributed by atoms with Gasteiger partial charge in [-0.3, -0.25) is 9.98 Å². The van der Waals surface area contributed by atoms with Crippen molar-refractivity contribution in [2.75, 3.05) is 14.1 Å². The van der Waals surface area contributed by atoms with Crippen molar-refractivity contribution in [3.05, 3.63) is 83.9 Å². The molecule has 0 fully saturated rings. The zero-order valence-corrected chi connectivity index (χ0v) is 19.4. The number of guanidine groups is 1. The maximum atomic E-state index is 5.86. The normalized spacial score (nSPS) is 10.9. The van der Waals surface area contributed by atoms with Gasteiger partial charge in [-0.2, -0.15) is 0 Å². The number of rotatable bonds is 7. The summed E-state index contributed by atoms with van der Waals surface area (Å²) < 4.78 is 7.98. The predicted octanol–water partition coefficient (Wildman–Crippen LogP) is 3.82. The number of hydrogen-bond acceptors (Lipinski definition) is 3. The Hall–Kier alpha value is -2.55. The van der Waals surface area contributed by atoms with E-state index >= 15 is 0 Å². The van der Waals surface area contributed by atoms with Crippen LogP contribution >= 0.6 is 24.0 Å². The van der Waals surface area contributed by atoms with Crippen molar-refractivity contribution in [3.63, 3.8) is 0 Å². The van der Waals surface area contributed by atoms with Crippen molar-refractivity contribution in [1.29, 1.82) is 0 Å². The van der Waals surface area contributed by atoms with E-state index in [1.54, 1.807) is 13.2 Å². The highest BCUT2D eigenvalue weighted by atomic mass is 127. The molecule has 0 saturated carbocycles. The molecule has 3 rings (SSSR count). The van der Waals surface area contributed by atoms with E-state index in [9.17, 15) is 0 Å². The minimum Gasteiger partial charge on any atom is -0.487 e. The molecule has 7 heteroatoms. The fraction of sp³-hybridized carbons (Fsp3) is 0.273. The van der Waals surface area contributed by atoms with Gasteiger partial charge in [0.2, 0.25) is 0 Å². The Kier molecular flexibility index (Phi) is 8.98. The van der Waals surface area contributed by atoms with Crippen LogP contribution in [0.5, 0.6) is 5.75 Å². The molecular formula is C22H28IN5O. The first-order valence-corrected chi connectivity index (χ1v) is 9.29. The molecule has 0 atom stereocenters. The molecule has 0 spiro atoms. The van der Waals surface area contributed by atoms with Crippen LogP contribution in [0.3, 0.4) is 0 Å². The molecule has 0 aliphatic heterocycles. The molecule has 2 aromatic heterocycles. The second kappa shape index (κ2) is 11.5. The minimum absolute atomic E-state index is 0. The first-order chi connectivity index (χ1) is 13.7. The molecule has 0 aliphatic rings. The maximum absolute atomic E-state index is 5.86. The third kappa shape index (κ3) is 6.77. The summed E-state index contributed by atoms with van der Waals surface area (Å²) in [7, 11) is 5.89. The van der Waals surface area contributed by atoms with Gasteiger partial charge < -0.3 is 19.5 Å². The van der Waals surface area contributed by atoms with E-state index in [2.05, 4.69) is 56.2 Å². The first-order valence-electron chi connectivity index (χ1n) is 9.29. The van der Waals surface area contributed by atoms with Crippen LogP contribution in [0, 0.1) is 0 Å². The fourth-order valence-corrected chi connectivity index (χ4v) is 2.93. The van der Waals surface area contributed by atoms with Crippen LogP contribution < -0.4 is 10.1 Å². The molecule has 1 aromatic carbocycles. The van der Waals surface area contributed by atoms with Crippen molar-refractivity contribution in [2.24, 2.45) is 12.0 Å². The summed E-state index contributed by atoms with van der Waals surface area (Å²) >= 11 is 0. The number of pyridine rings is 1. The molecule has 6 nitrogen and oxygen atoms in total. The SMILES string of the molecule is CN=C(NCc1cccc(OCc2ccccn2)c1)N(C)Cc1cccn1C.I. The van der Waals surface area contributed by atoms with E-state index in [1.807, 2.05) is 43.4 Å². The molecule has 3 aromatic rings. The zero-order chi connectivity index (χ0) is 19.8. The van der Waals surface area contributed by atoms with E-state index in [1.165, 1.54) is 5.69 Å². The Bertz CT molecular complexity index is 910. The molecule has 0 radical (unpaired) electrons. The largest absolute Gasteiger partial charge is 0.487 e. The van der Waals surface area contributed by atoms with Gasteiger partial charge in [-0.1, -0.05) is 18.2 Å². The van der Waals surface area contributed by atoms with Crippen LogP contribution in [0.2, 0.25) is 0 Å². The predicted molar refractivity (Wildman–Crippen MR) is 128 cm³/mol. The second-order valence-electron chi connectivity index (χ2n) is 6.62. The van der Waals surface area contributed by atoms with Crippen LogP contribution in [-0.4, -0.2) is 34.5 Å². The molecule has 0 bridgehead atoms. The number of benzene rings is 1. The number of nitrogens with one attached hydrogen (secondary N) is 1. The van der Waals surface area contributed by atoms with E-state index < -0.39 is 0 Å². The van der Waals surface area contributed by atoms with Gasteiger partial charge >= 0.3 is 0 Å². The summed E-state index contributed by atoms with van der Waals surface area (Å²) in [5, 5.41) is 3.42. The summed E-state index contributed by atoms with van der Waals surface area (Å²) in [4.78, 5) is 10.8. The van der Waals surface area contributed by atoms with Crippen LogP contribution in [0.4, 0.5) is 0 Å². The summed E-state index contributed by atoms with van der Waals surface area (Å²) in [5.74, 6) is 1.68. The van der Waals surface area contributed by atoms with Crippen LogP contribution in [-0.2, 0) is 26.7 Å². The Labute approximate surface area is 189 Å². The molecular weight excluding hydrogens is 477 g/mol. The molecule has 1 N–H and O–H groups in total. The van der Waals surface area contributed by atoms with E-state index in [0.29, 0.717) is 13.2 Å². The van der Waals surface area contributed by atoms with Crippen LogP contribution in [0.25, 0.3) is 0 Å². The van der Waals surface area contributed by atoms with Crippen molar-refractivity contribution in [1.82, 2.24) is 19.8 Å². The fourth-order valence-electron chi connectivity index (χ4n) is 2.93. The van der Waals surface area contributed by atoms with Gasteiger partial charge in [-0.05, 0) is 42.0 Å². The number of ether oxygens (including phenoxy) is 1. The summed E-state index contributed by atoms with van der Waals surface area (Å²) in [6.07, 6.45) is 3.83. The molecule has 154 valence electrons. The topological polar surface area (TPSA) is 54.7 Å². The van der Waals surface area contributed by atoms with E-state index in [-0.39, 0.29) is 24.0 Å². The van der Waals surface area contributed by atoms with Gasteiger partial charge in [0.05, 0.1) is 12.2 Å². The number of aromatic nitrogens is 2. The highest BCUT2D eigenvalue weighted by Gasteiger charge is 2.08. The quantitative estimate of drug-likeness (QED) is 0.302. The average molecular weight is 505 g/mol. The Morgan fingerprint density at radius 3 is 2.72 bits per heavy atom. The number of halogens is 1. The van der Waals surface area contributed by atoms with Gasteiger partial charge in [0, 0.05) is 45.8 Å². The molecule has 0 unspecified atom stereocenters. The van der Waals surface area contributed by atoms with Gasteiger partial charge in [-0.25, -0.2) is 0 Å². The number of aryl methyl sites for hydroxylation is 1. The number of nitrogens with zero attached hydrogens (tertiary/aromatic N) is 4. The second-order valence-corrected chi connectivity index (χ2v) is 6.62. The zero-order valence-electron chi connectivity index (χ0n) is 17.1. The molecule has 0 aliphatic carbocycles. The Morgan fingerprint density at radius 2 is 2.03 bits per heavy atom. The smallest absolute Gasteiger partial charge is 0.194 e. The Morgan fingerprint density at radius 1 is 1.17 bits per heavy atom. The van der Waals surface area contributed by atoms with Gasteiger partial charge in [0.15, 0.2) is 5.96 Å². The lowest BCUT2D eigenvalue weighted by molar-refractivity contribution is 0.301. The highest BCUT2D eigenvalue weighted by molar-refractivity contribution is 14.0. The molecule has 2 heterocycles. The van der Waals surface area contributed by atoms with E-state index in [0.717, 1.165) is 29.5 Å². The lowest BCUT2D eigenvalue weighted by Gasteiger charge is -2.22. The number of hydrogen-bond donors (Lipinski definition) is 1. The van der Waals surface area contributed by atoms with Gasteiger partial charge in [-0.15, -0.1) is 24.0 Å². The summed E-state index contributed by atoms with van der Waals surface area (Å²) in [6, 6.07) is 18.1. The first kappa shape index (κ1) is 22.7. The van der Waals surface area contributed by atoms with Gasteiger partial charge in [0.25, 0.3) is 0 Å². The third-order valence-corrected chi connectivity index (χ3v) is 4.49. The molecule has 29 heavy (non-hydrogen) atoms. The Balaban J connectivity index is 0.00000300. The molecule has 0 amide bonds. The van der Waals surface area contributed by atoms with Crippen LogP contribution in [0.1, 0.15) is 17.0 Å². The lowest BCUT2D eigenvalue weighted by atomic mass is 10.2. The van der Waals surface area contributed by atoms with Crippen LogP contribution in [0.15, 0.2) is 72.0 Å². The monoisotopic (exact) mass is 505 g/mol. The summed E-state index contributed by atoms with van der Waals surface area (Å²) in [5.41, 5.74) is 3.27. The average Bonchev–Trinajstić information content (AvgIpc) is 3.12. The minimum atomic E-state index is 0. The van der Waals surface area contributed by atoms with Crippen molar-refractivity contribution >= 4 is 29.9 Å². The highest BCUT2D eigenvalue weighted by Crippen LogP contribution is 2.15. The maximum Gasteiger partial charge on any atom is 0.194 e. The van der Waals surface area contributed by atoms with E-state index in [4.69, 9.17) is 4.74 Å². The third-order valence-electron chi connectivity index (χ3n) is 4.49. The lowest BCUT2D eigenvalue weighted by Crippen LogP contribution is -2.38. The van der Waals surface area contributed by atoms with Crippen molar-refractivity contribution in [2.45, 2.75) is 19.7 Å². The van der Waals surface area contributed by atoms with Crippen molar-refractivity contribution in [3.8, 4) is 5.75 Å².